The average molecular weight is 369 g/mol. The van der Waals surface area contributed by atoms with E-state index >= 15 is 0 Å². The molecule has 0 aliphatic carbocycles. The summed E-state index contributed by atoms with van der Waals surface area (Å²) < 4.78 is 55.8. The van der Waals surface area contributed by atoms with Crippen molar-refractivity contribution in [3.8, 4) is 11.6 Å². The molecule has 5 nitrogen and oxygen atoms in total. The maximum Gasteiger partial charge on any atom is 0.422 e. The molecule has 2 heterocycles. The Bertz CT molecular complexity index is 953. The predicted octanol–water partition coefficient (Wildman–Crippen LogP) is 3.41. The Labute approximate surface area is 143 Å². The molecule has 0 aliphatic rings. The SMILES string of the molecule is Cc1c(OCC(F)(F)F)ccnc1-n1c(S(C)=O)nc2ccccc21. The van der Waals surface area contributed by atoms with Crippen LogP contribution in [0.25, 0.3) is 16.9 Å². The van der Waals surface area contributed by atoms with Crippen LogP contribution in [0.3, 0.4) is 0 Å². The molecule has 0 amide bonds. The van der Waals surface area contributed by atoms with Gasteiger partial charge in [0.25, 0.3) is 0 Å². The molecule has 1 unspecified atom stereocenters. The van der Waals surface area contributed by atoms with Gasteiger partial charge in [-0.3, -0.25) is 8.78 Å². The number of para-hydroxylation sites is 2. The molecule has 0 saturated carbocycles. The Hall–Kier alpha value is -2.42. The number of ether oxygens (including phenoxy) is 1. The average Bonchev–Trinajstić information content (AvgIpc) is 2.93. The molecule has 132 valence electrons. The first kappa shape index (κ1) is 17.4. The quantitative estimate of drug-likeness (QED) is 0.707. The molecular formula is C16H14F3N3O2S. The van der Waals surface area contributed by atoms with Crippen molar-refractivity contribution in [1.82, 2.24) is 14.5 Å². The van der Waals surface area contributed by atoms with Crippen molar-refractivity contribution in [3.05, 3.63) is 42.1 Å². The maximum atomic E-state index is 12.4. The Morgan fingerprint density at radius 1 is 1.24 bits per heavy atom. The van der Waals surface area contributed by atoms with Crippen LogP contribution in [-0.2, 0) is 10.8 Å². The zero-order valence-corrected chi connectivity index (χ0v) is 14.2. The second-order valence-electron chi connectivity index (χ2n) is 5.33. The fourth-order valence-electron chi connectivity index (χ4n) is 2.45. The van der Waals surface area contributed by atoms with Gasteiger partial charge in [-0.15, -0.1) is 0 Å². The summed E-state index contributed by atoms with van der Waals surface area (Å²) in [6.45, 7) is 0.208. The minimum absolute atomic E-state index is 0.0629. The summed E-state index contributed by atoms with van der Waals surface area (Å²) in [5.74, 6) is 0.395. The van der Waals surface area contributed by atoms with E-state index in [0.717, 1.165) is 0 Å². The summed E-state index contributed by atoms with van der Waals surface area (Å²) in [5, 5.41) is 0.268. The van der Waals surface area contributed by atoms with Crippen LogP contribution < -0.4 is 4.74 Å². The van der Waals surface area contributed by atoms with E-state index in [2.05, 4.69) is 9.97 Å². The highest BCUT2D eigenvalue weighted by atomic mass is 32.2. The van der Waals surface area contributed by atoms with Gasteiger partial charge in [0.1, 0.15) is 11.6 Å². The van der Waals surface area contributed by atoms with Crippen LogP contribution in [0.4, 0.5) is 13.2 Å². The van der Waals surface area contributed by atoms with Gasteiger partial charge in [-0.05, 0) is 25.1 Å². The first-order valence-corrected chi connectivity index (χ1v) is 8.80. The standard InChI is InChI=1S/C16H14F3N3O2S/c1-10-13(24-9-16(17,18)19)7-8-20-14(10)22-12-6-4-3-5-11(12)21-15(22)25(2)23/h3-8H,9H2,1-2H3. The minimum atomic E-state index is -4.44. The summed E-state index contributed by atoms with van der Waals surface area (Å²) in [6.07, 6.45) is -1.60. The molecule has 0 radical (unpaired) electrons. The largest absolute Gasteiger partial charge is 0.484 e. The zero-order chi connectivity index (χ0) is 18.2. The van der Waals surface area contributed by atoms with Crippen molar-refractivity contribution < 1.29 is 22.1 Å². The van der Waals surface area contributed by atoms with E-state index in [1.165, 1.54) is 18.5 Å². The van der Waals surface area contributed by atoms with Gasteiger partial charge in [0.05, 0.1) is 21.8 Å². The van der Waals surface area contributed by atoms with Gasteiger partial charge in [0.2, 0.25) is 5.16 Å². The third kappa shape index (κ3) is 3.51. The van der Waals surface area contributed by atoms with Crippen LogP contribution in [0, 0.1) is 6.92 Å². The van der Waals surface area contributed by atoms with Crippen molar-refractivity contribution in [1.29, 1.82) is 0 Å². The number of pyridine rings is 1. The molecule has 2 aromatic heterocycles. The second kappa shape index (κ2) is 6.47. The number of benzene rings is 1. The van der Waals surface area contributed by atoms with Crippen LogP contribution >= 0.6 is 0 Å². The second-order valence-corrected chi connectivity index (χ2v) is 6.61. The molecular weight excluding hydrogens is 355 g/mol. The number of imidazole rings is 1. The first-order valence-electron chi connectivity index (χ1n) is 7.24. The van der Waals surface area contributed by atoms with E-state index in [4.69, 9.17) is 4.74 Å². The van der Waals surface area contributed by atoms with E-state index in [1.807, 2.05) is 0 Å². The van der Waals surface area contributed by atoms with Crippen molar-refractivity contribution >= 4 is 21.8 Å². The highest BCUT2D eigenvalue weighted by Crippen LogP contribution is 2.29. The zero-order valence-electron chi connectivity index (χ0n) is 13.4. The lowest BCUT2D eigenvalue weighted by Crippen LogP contribution is -2.20. The molecule has 0 fully saturated rings. The predicted molar refractivity (Wildman–Crippen MR) is 87.5 cm³/mol. The Morgan fingerprint density at radius 3 is 2.64 bits per heavy atom. The number of alkyl halides is 3. The highest BCUT2D eigenvalue weighted by Gasteiger charge is 2.29. The molecule has 3 aromatic rings. The van der Waals surface area contributed by atoms with E-state index in [9.17, 15) is 17.4 Å². The number of fused-ring (bicyclic) bond motifs is 1. The van der Waals surface area contributed by atoms with Crippen LogP contribution in [0.1, 0.15) is 5.56 Å². The summed E-state index contributed by atoms with van der Waals surface area (Å²) in [7, 11) is -1.42. The fraction of sp³-hybridized carbons (Fsp3) is 0.250. The van der Waals surface area contributed by atoms with Crippen LogP contribution in [0.5, 0.6) is 5.75 Å². The van der Waals surface area contributed by atoms with Gasteiger partial charge < -0.3 is 4.74 Å². The minimum Gasteiger partial charge on any atom is -0.484 e. The summed E-state index contributed by atoms with van der Waals surface area (Å²) in [4.78, 5) is 8.59. The fourth-order valence-corrected chi connectivity index (χ4v) is 3.12. The number of hydrogen-bond acceptors (Lipinski definition) is 4. The topological polar surface area (TPSA) is 57.0 Å². The van der Waals surface area contributed by atoms with Crippen molar-refractivity contribution in [2.75, 3.05) is 12.9 Å². The molecule has 9 heteroatoms. The maximum absolute atomic E-state index is 12.4. The molecule has 0 saturated heterocycles. The van der Waals surface area contributed by atoms with Gasteiger partial charge in [-0.25, -0.2) is 9.97 Å². The lowest BCUT2D eigenvalue weighted by molar-refractivity contribution is -0.153. The Balaban J connectivity index is 2.16. The van der Waals surface area contributed by atoms with Crippen LogP contribution in [0.15, 0.2) is 41.7 Å². The van der Waals surface area contributed by atoms with Gasteiger partial charge in [-0.1, -0.05) is 12.1 Å². The molecule has 1 atom stereocenters. The normalized spacial score (nSPS) is 13.2. The Kier molecular flexibility index (Phi) is 4.51. The van der Waals surface area contributed by atoms with E-state index in [0.29, 0.717) is 22.4 Å². The molecule has 0 bridgehead atoms. The molecule has 0 aliphatic heterocycles. The number of nitrogens with zero attached hydrogens (tertiary/aromatic N) is 3. The van der Waals surface area contributed by atoms with Gasteiger partial charge >= 0.3 is 6.18 Å². The third-order valence-corrected chi connectivity index (χ3v) is 4.31. The highest BCUT2D eigenvalue weighted by molar-refractivity contribution is 7.84. The molecule has 25 heavy (non-hydrogen) atoms. The number of halogens is 3. The lowest BCUT2D eigenvalue weighted by atomic mass is 10.2. The lowest BCUT2D eigenvalue weighted by Gasteiger charge is -2.15. The molecule has 3 rings (SSSR count). The van der Waals surface area contributed by atoms with Crippen molar-refractivity contribution in [2.24, 2.45) is 0 Å². The van der Waals surface area contributed by atoms with Crippen molar-refractivity contribution in [3.63, 3.8) is 0 Å². The smallest absolute Gasteiger partial charge is 0.422 e. The van der Waals surface area contributed by atoms with Crippen molar-refractivity contribution in [2.45, 2.75) is 18.3 Å². The number of aromatic nitrogens is 3. The number of rotatable bonds is 4. The third-order valence-electron chi connectivity index (χ3n) is 3.52. The van der Waals surface area contributed by atoms with Crippen LogP contribution in [-0.4, -0.2) is 37.8 Å². The summed E-state index contributed by atoms with van der Waals surface area (Å²) in [6, 6.07) is 8.50. The monoisotopic (exact) mass is 369 g/mol. The van der Waals surface area contributed by atoms with E-state index in [1.54, 1.807) is 35.8 Å². The molecule has 1 aromatic carbocycles. The van der Waals surface area contributed by atoms with E-state index in [-0.39, 0.29) is 10.9 Å². The number of hydrogen-bond donors (Lipinski definition) is 0. The Morgan fingerprint density at radius 2 is 1.96 bits per heavy atom. The van der Waals surface area contributed by atoms with Crippen LogP contribution in [0.2, 0.25) is 0 Å². The summed E-state index contributed by atoms with van der Waals surface area (Å²) >= 11 is 0. The van der Waals surface area contributed by atoms with Gasteiger partial charge in [0, 0.05) is 18.0 Å². The van der Waals surface area contributed by atoms with Gasteiger partial charge in [0.15, 0.2) is 6.61 Å². The van der Waals surface area contributed by atoms with E-state index < -0.39 is 23.6 Å². The molecule has 0 N–H and O–H groups in total. The van der Waals surface area contributed by atoms with Gasteiger partial charge in [-0.2, -0.15) is 13.2 Å². The first-order chi connectivity index (χ1) is 11.8. The summed E-state index contributed by atoms with van der Waals surface area (Å²) in [5.41, 5.74) is 1.69. The molecule has 0 spiro atoms.